The van der Waals surface area contributed by atoms with Crippen LogP contribution < -0.4 is 0 Å². The lowest BCUT2D eigenvalue weighted by atomic mass is 10.5. The topological polar surface area (TPSA) is 25.8 Å². The summed E-state index contributed by atoms with van der Waals surface area (Å²) in [6, 6.07) is 1.81. The molecule has 2 nitrogen and oxygen atoms in total. The number of aromatic nitrogens is 2. The third-order valence-electron chi connectivity index (χ3n) is 0.983. The van der Waals surface area contributed by atoms with E-state index in [9.17, 15) is 0 Å². The zero-order valence-corrected chi connectivity index (χ0v) is 10.4. The van der Waals surface area contributed by atoms with Crippen molar-refractivity contribution in [1.82, 2.24) is 9.97 Å². The van der Waals surface area contributed by atoms with E-state index in [0.29, 0.717) is 5.16 Å². The van der Waals surface area contributed by atoms with Gasteiger partial charge < -0.3 is 0 Å². The molecule has 0 aromatic carbocycles. The molecular weight excluding hydrogens is 271 g/mol. The molecule has 0 atom stereocenters. The predicted molar refractivity (Wildman–Crippen MR) is 60.5 cm³/mol. The van der Waals surface area contributed by atoms with Gasteiger partial charge in [0.1, 0.15) is 0 Å². The molecule has 7 heteroatoms. The van der Waals surface area contributed by atoms with Gasteiger partial charge in [0.05, 0.1) is 0 Å². The minimum atomic E-state index is -1.34. The van der Waals surface area contributed by atoms with E-state index in [-0.39, 0.29) is 0 Å². The summed E-state index contributed by atoms with van der Waals surface area (Å²) in [4.78, 5) is 8.13. The molecule has 0 amide bonds. The van der Waals surface area contributed by atoms with Crippen molar-refractivity contribution in [2.75, 3.05) is 0 Å². The highest BCUT2D eigenvalue weighted by atomic mass is 35.6. The van der Waals surface area contributed by atoms with Gasteiger partial charge in [-0.15, -0.1) is 0 Å². The van der Waals surface area contributed by atoms with Crippen molar-refractivity contribution in [3.8, 4) is 0 Å². The fourth-order valence-electron chi connectivity index (χ4n) is 0.551. The van der Waals surface area contributed by atoms with Crippen LogP contribution in [0.3, 0.4) is 0 Å². The first-order valence-electron chi connectivity index (χ1n) is 3.19. The largest absolute Gasteiger partial charge is 0.247 e. The second-order valence-corrected chi connectivity index (χ2v) is 7.36. The first kappa shape index (κ1) is 11.7. The molecule has 0 bridgehead atoms. The van der Waals surface area contributed by atoms with Gasteiger partial charge >= 0.3 is 0 Å². The van der Waals surface area contributed by atoms with Gasteiger partial charge in [-0.2, -0.15) is 0 Å². The number of nitrogens with zero attached hydrogens (tertiary/aromatic N) is 2. The molecule has 0 unspecified atom stereocenters. The number of halogens is 3. The molecule has 1 rings (SSSR count). The normalized spacial score (nSPS) is 11.7. The van der Waals surface area contributed by atoms with Crippen LogP contribution in [0.5, 0.6) is 0 Å². The van der Waals surface area contributed by atoms with Crippen LogP contribution in [0.1, 0.15) is 5.69 Å². The Labute approximate surface area is 99.2 Å². The van der Waals surface area contributed by atoms with E-state index in [1.165, 1.54) is 10.8 Å². The molecule has 13 heavy (non-hydrogen) atoms. The molecule has 0 saturated carbocycles. The van der Waals surface area contributed by atoms with Gasteiger partial charge in [-0.05, 0) is 34.6 Å². The van der Waals surface area contributed by atoms with Crippen LogP contribution >= 0.6 is 56.4 Å². The van der Waals surface area contributed by atoms with E-state index in [0.717, 1.165) is 16.5 Å². The Morgan fingerprint density at radius 2 is 2.08 bits per heavy atom. The molecule has 0 aliphatic heterocycles. The highest BCUT2D eigenvalue weighted by Gasteiger charge is 2.21. The molecule has 0 aliphatic rings. The van der Waals surface area contributed by atoms with Crippen LogP contribution in [0.25, 0.3) is 0 Å². The van der Waals surface area contributed by atoms with Crippen molar-refractivity contribution in [2.24, 2.45) is 0 Å². The third-order valence-corrected chi connectivity index (χ3v) is 4.57. The van der Waals surface area contributed by atoms with E-state index in [1.54, 1.807) is 6.20 Å². The maximum atomic E-state index is 5.54. The van der Waals surface area contributed by atoms with Crippen molar-refractivity contribution in [2.45, 2.75) is 15.2 Å². The van der Waals surface area contributed by atoms with E-state index in [1.807, 2.05) is 13.0 Å². The molecule has 72 valence electrons. The smallest absolute Gasteiger partial charge is 0.230 e. The minimum Gasteiger partial charge on any atom is -0.230 e. The van der Waals surface area contributed by atoms with Crippen LogP contribution in [0, 0.1) is 6.92 Å². The lowest BCUT2D eigenvalue weighted by Crippen LogP contribution is -1.92. The lowest BCUT2D eigenvalue weighted by molar-refractivity contribution is 0.938. The molecule has 0 fully saturated rings. The van der Waals surface area contributed by atoms with E-state index < -0.39 is 3.12 Å². The third kappa shape index (κ3) is 5.18. The average molecular weight is 276 g/mol. The Morgan fingerprint density at radius 3 is 2.62 bits per heavy atom. The SMILES string of the molecule is Cc1ccnc(SSC(Cl)(Cl)Cl)n1. The molecule has 0 saturated heterocycles. The van der Waals surface area contributed by atoms with Gasteiger partial charge in [-0.25, -0.2) is 9.97 Å². The molecule has 1 heterocycles. The maximum absolute atomic E-state index is 5.54. The Balaban J connectivity index is 2.55. The summed E-state index contributed by atoms with van der Waals surface area (Å²) < 4.78 is -1.34. The fourth-order valence-corrected chi connectivity index (χ4v) is 2.60. The van der Waals surface area contributed by atoms with Gasteiger partial charge in [0, 0.05) is 11.9 Å². The summed E-state index contributed by atoms with van der Waals surface area (Å²) in [5.41, 5.74) is 0.891. The monoisotopic (exact) mass is 274 g/mol. The minimum absolute atomic E-state index is 0.594. The van der Waals surface area contributed by atoms with Crippen LogP contribution in [-0.2, 0) is 0 Å². The number of alkyl halides is 3. The number of rotatable bonds is 2. The van der Waals surface area contributed by atoms with Crippen LogP contribution in [0.15, 0.2) is 17.4 Å². The maximum Gasteiger partial charge on any atom is 0.247 e. The first-order chi connectivity index (χ1) is 5.97. The molecule has 1 aromatic rings. The number of hydrogen-bond donors (Lipinski definition) is 0. The standard InChI is InChI=1S/C6H5Cl3N2S2/c1-4-2-3-10-5(11-4)12-13-6(7,8)9/h2-3H,1H3. The van der Waals surface area contributed by atoms with Gasteiger partial charge in [-0.1, -0.05) is 34.8 Å². The van der Waals surface area contributed by atoms with Crippen LogP contribution in [0.4, 0.5) is 0 Å². The Bertz CT molecular complexity index is 289. The fraction of sp³-hybridized carbons (Fsp3) is 0.333. The van der Waals surface area contributed by atoms with Crippen LogP contribution in [0.2, 0.25) is 0 Å². The Kier molecular flexibility index (Phi) is 4.45. The highest BCUT2D eigenvalue weighted by molar-refractivity contribution is 8.78. The number of aryl methyl sites for hydroxylation is 1. The zero-order valence-electron chi connectivity index (χ0n) is 6.50. The Hall–Kier alpha value is 0.650. The quantitative estimate of drug-likeness (QED) is 0.465. The zero-order chi connectivity index (χ0) is 9.90. The van der Waals surface area contributed by atoms with Gasteiger partial charge in [0.15, 0.2) is 5.16 Å². The van der Waals surface area contributed by atoms with E-state index in [2.05, 4.69) is 9.97 Å². The van der Waals surface area contributed by atoms with Gasteiger partial charge in [-0.3, -0.25) is 0 Å². The summed E-state index contributed by atoms with van der Waals surface area (Å²) in [7, 11) is 2.32. The second-order valence-electron chi connectivity index (χ2n) is 2.09. The summed E-state index contributed by atoms with van der Waals surface area (Å²) in [5.74, 6) is 0. The molecule has 0 spiro atoms. The summed E-state index contributed by atoms with van der Waals surface area (Å²) >= 11 is 16.6. The molecule has 0 N–H and O–H groups in total. The predicted octanol–water partition coefficient (Wildman–Crippen LogP) is 3.85. The summed E-state index contributed by atoms with van der Waals surface area (Å²) in [5, 5.41) is 0.594. The summed E-state index contributed by atoms with van der Waals surface area (Å²) in [6.45, 7) is 1.88. The Morgan fingerprint density at radius 1 is 1.38 bits per heavy atom. The van der Waals surface area contributed by atoms with Crippen LogP contribution in [-0.4, -0.2) is 13.1 Å². The first-order valence-corrected chi connectivity index (χ1v) is 6.48. The molecule has 0 aliphatic carbocycles. The molecular formula is C6H5Cl3N2S2. The van der Waals surface area contributed by atoms with Crippen molar-refractivity contribution >= 4 is 56.4 Å². The molecule has 1 aromatic heterocycles. The van der Waals surface area contributed by atoms with Crippen molar-refractivity contribution in [3.63, 3.8) is 0 Å². The van der Waals surface area contributed by atoms with Crippen molar-refractivity contribution in [1.29, 1.82) is 0 Å². The van der Waals surface area contributed by atoms with Gasteiger partial charge in [0.2, 0.25) is 3.12 Å². The van der Waals surface area contributed by atoms with Crippen molar-refractivity contribution < 1.29 is 0 Å². The summed E-state index contributed by atoms with van der Waals surface area (Å²) in [6.07, 6.45) is 1.67. The highest BCUT2D eigenvalue weighted by Crippen LogP contribution is 2.47. The van der Waals surface area contributed by atoms with E-state index >= 15 is 0 Å². The average Bonchev–Trinajstić information content (AvgIpc) is 2.00. The van der Waals surface area contributed by atoms with E-state index in [4.69, 9.17) is 34.8 Å². The van der Waals surface area contributed by atoms with Gasteiger partial charge in [0.25, 0.3) is 0 Å². The number of hydrogen-bond acceptors (Lipinski definition) is 4. The van der Waals surface area contributed by atoms with Crippen molar-refractivity contribution in [3.05, 3.63) is 18.0 Å². The second kappa shape index (κ2) is 4.94. The molecule has 0 radical (unpaired) electrons. The lowest BCUT2D eigenvalue weighted by Gasteiger charge is -2.07.